The van der Waals surface area contributed by atoms with Crippen molar-refractivity contribution in [1.29, 1.82) is 0 Å². The Morgan fingerprint density at radius 2 is 2.07 bits per heavy atom. The topological polar surface area (TPSA) is 52.0 Å². The predicted octanol–water partition coefficient (Wildman–Crippen LogP) is 5.32. The molecule has 0 unspecified atom stereocenters. The number of hydrogen-bond acceptors (Lipinski definition) is 5. The number of anilines is 1. The van der Waals surface area contributed by atoms with E-state index in [4.69, 9.17) is 16.3 Å². The third-order valence-electron chi connectivity index (χ3n) is 5.04. The first-order valence-corrected chi connectivity index (χ1v) is 11.3. The summed E-state index contributed by atoms with van der Waals surface area (Å²) in [4.78, 5) is 0. The fourth-order valence-corrected chi connectivity index (χ4v) is 4.44. The molecule has 1 N–H and O–H groups in total. The third-order valence-corrected chi connectivity index (χ3v) is 6.48. The average Bonchev–Trinajstić information content (AvgIpc) is 3.39. The Morgan fingerprint density at radius 1 is 1.21 bits per heavy atom. The predicted molar refractivity (Wildman–Crippen MR) is 119 cm³/mol. The summed E-state index contributed by atoms with van der Waals surface area (Å²) in [6.45, 7) is 4.22. The maximum atomic E-state index is 6.25. The van der Waals surface area contributed by atoms with Crippen LogP contribution < -0.4 is 5.32 Å². The summed E-state index contributed by atoms with van der Waals surface area (Å²) in [6, 6.07) is 16.4. The molecular weight excluding hydrogens is 404 g/mol. The minimum Gasteiger partial charge on any atom is -0.378 e. The van der Waals surface area contributed by atoms with E-state index in [0.717, 1.165) is 59.0 Å². The Morgan fingerprint density at radius 3 is 2.83 bits per heavy atom. The number of hydrogen-bond donors (Lipinski definition) is 1. The molecule has 152 valence electrons. The molecule has 29 heavy (non-hydrogen) atoms. The maximum Gasteiger partial charge on any atom is 0.191 e. The second kappa shape index (κ2) is 9.65. The van der Waals surface area contributed by atoms with Crippen molar-refractivity contribution in [3.8, 4) is 0 Å². The smallest absolute Gasteiger partial charge is 0.191 e. The van der Waals surface area contributed by atoms with Gasteiger partial charge in [-0.2, -0.15) is 0 Å². The minimum atomic E-state index is 0.231. The van der Waals surface area contributed by atoms with Crippen molar-refractivity contribution >= 4 is 29.1 Å². The van der Waals surface area contributed by atoms with Crippen molar-refractivity contribution in [1.82, 2.24) is 14.8 Å². The van der Waals surface area contributed by atoms with Gasteiger partial charge in [0.1, 0.15) is 0 Å². The van der Waals surface area contributed by atoms with E-state index in [1.54, 1.807) is 11.8 Å². The number of nitrogens with one attached hydrogen (secondary N) is 1. The zero-order chi connectivity index (χ0) is 20.1. The molecule has 3 aromatic rings. The van der Waals surface area contributed by atoms with Gasteiger partial charge in [-0.1, -0.05) is 59.8 Å². The summed E-state index contributed by atoms with van der Waals surface area (Å²) in [7, 11) is 0. The van der Waals surface area contributed by atoms with Crippen LogP contribution in [0.15, 0.2) is 53.7 Å². The Labute approximate surface area is 180 Å². The fourth-order valence-electron chi connectivity index (χ4n) is 3.34. The monoisotopic (exact) mass is 428 g/mol. The molecule has 1 aliphatic heterocycles. The molecule has 0 saturated carbocycles. The van der Waals surface area contributed by atoms with E-state index in [1.165, 1.54) is 5.56 Å². The van der Waals surface area contributed by atoms with Gasteiger partial charge < -0.3 is 14.6 Å². The first kappa shape index (κ1) is 20.3. The van der Waals surface area contributed by atoms with E-state index in [0.29, 0.717) is 6.54 Å². The highest BCUT2D eigenvalue weighted by Crippen LogP contribution is 2.25. The standard InChI is InChI=1S/C22H25ClN4OS/c1-16-9-10-18(12-20(16)23)24-13-21-25-26-22(27(21)14-19-8-5-11-28-19)29-15-17-6-3-2-4-7-17/h2-4,6-7,9-10,12,19,24H,5,8,11,13-15H2,1H3/t19-/m1/s1. The van der Waals surface area contributed by atoms with Gasteiger partial charge in [0.2, 0.25) is 0 Å². The molecule has 0 bridgehead atoms. The van der Waals surface area contributed by atoms with Gasteiger partial charge in [-0.3, -0.25) is 0 Å². The number of aromatic nitrogens is 3. The Balaban J connectivity index is 1.48. The van der Waals surface area contributed by atoms with Gasteiger partial charge >= 0.3 is 0 Å². The average molecular weight is 429 g/mol. The lowest BCUT2D eigenvalue weighted by atomic mass is 10.2. The highest BCUT2D eigenvalue weighted by atomic mass is 35.5. The summed E-state index contributed by atoms with van der Waals surface area (Å²) in [6.07, 6.45) is 2.44. The highest BCUT2D eigenvalue weighted by molar-refractivity contribution is 7.98. The van der Waals surface area contributed by atoms with Crippen LogP contribution in [0.25, 0.3) is 0 Å². The van der Waals surface area contributed by atoms with Crippen LogP contribution in [0.1, 0.15) is 29.8 Å². The van der Waals surface area contributed by atoms with Gasteiger partial charge in [0.05, 0.1) is 19.2 Å². The van der Waals surface area contributed by atoms with Crippen LogP contribution >= 0.6 is 23.4 Å². The zero-order valence-corrected chi connectivity index (χ0v) is 18.0. The molecule has 1 atom stereocenters. The van der Waals surface area contributed by atoms with Crippen LogP contribution in [0.5, 0.6) is 0 Å². The number of thioether (sulfide) groups is 1. The van der Waals surface area contributed by atoms with Crippen LogP contribution in [-0.2, 0) is 23.6 Å². The van der Waals surface area contributed by atoms with Crippen molar-refractivity contribution in [3.63, 3.8) is 0 Å². The first-order valence-electron chi connectivity index (χ1n) is 9.89. The molecule has 1 aliphatic rings. The summed E-state index contributed by atoms with van der Waals surface area (Å²) in [5, 5.41) is 14.1. The molecule has 1 saturated heterocycles. The summed E-state index contributed by atoms with van der Waals surface area (Å²) in [5.41, 5.74) is 3.32. The lowest BCUT2D eigenvalue weighted by Crippen LogP contribution is -2.19. The molecule has 7 heteroatoms. The molecule has 4 rings (SSSR count). The number of ether oxygens (including phenoxy) is 1. The van der Waals surface area contributed by atoms with Crippen molar-refractivity contribution in [2.75, 3.05) is 11.9 Å². The quantitative estimate of drug-likeness (QED) is 0.492. The third kappa shape index (κ3) is 5.32. The summed E-state index contributed by atoms with van der Waals surface area (Å²) < 4.78 is 8.07. The van der Waals surface area contributed by atoms with Crippen LogP contribution in [0.3, 0.4) is 0 Å². The van der Waals surface area contributed by atoms with E-state index < -0.39 is 0 Å². The molecule has 5 nitrogen and oxygen atoms in total. The molecule has 2 aromatic carbocycles. The van der Waals surface area contributed by atoms with Crippen molar-refractivity contribution in [2.45, 2.75) is 49.9 Å². The highest BCUT2D eigenvalue weighted by Gasteiger charge is 2.21. The molecular formula is C22H25ClN4OS. The Bertz CT molecular complexity index is 941. The van der Waals surface area contributed by atoms with Gasteiger partial charge in [-0.15, -0.1) is 10.2 Å². The van der Waals surface area contributed by atoms with Crippen LogP contribution in [0.4, 0.5) is 5.69 Å². The van der Waals surface area contributed by atoms with Crippen molar-refractivity contribution in [2.24, 2.45) is 0 Å². The normalized spacial score (nSPS) is 16.3. The number of aryl methyl sites for hydroxylation is 1. The van der Waals surface area contributed by atoms with Crippen LogP contribution in [-0.4, -0.2) is 27.5 Å². The largest absolute Gasteiger partial charge is 0.378 e. The minimum absolute atomic E-state index is 0.231. The second-order valence-electron chi connectivity index (χ2n) is 7.24. The molecule has 1 fully saturated rings. The molecule has 0 amide bonds. The van der Waals surface area contributed by atoms with Crippen molar-refractivity contribution in [3.05, 3.63) is 70.5 Å². The Hall–Kier alpha value is -2.02. The van der Waals surface area contributed by atoms with Crippen molar-refractivity contribution < 1.29 is 4.74 Å². The fraction of sp³-hybridized carbons (Fsp3) is 0.364. The Kier molecular flexibility index (Phi) is 6.74. The van der Waals surface area contributed by atoms with Gasteiger partial charge in [0, 0.05) is 23.1 Å². The number of rotatable bonds is 8. The zero-order valence-electron chi connectivity index (χ0n) is 16.5. The molecule has 0 radical (unpaired) electrons. The van der Waals surface area contributed by atoms with Gasteiger partial charge in [0.25, 0.3) is 0 Å². The van der Waals surface area contributed by atoms with E-state index >= 15 is 0 Å². The maximum absolute atomic E-state index is 6.25. The second-order valence-corrected chi connectivity index (χ2v) is 8.59. The van der Waals surface area contributed by atoms with E-state index in [-0.39, 0.29) is 6.10 Å². The summed E-state index contributed by atoms with van der Waals surface area (Å²) >= 11 is 7.97. The molecule has 0 aliphatic carbocycles. The number of nitrogens with zero attached hydrogens (tertiary/aromatic N) is 3. The van der Waals surface area contributed by atoms with E-state index in [9.17, 15) is 0 Å². The van der Waals surface area contributed by atoms with Gasteiger partial charge in [-0.05, 0) is 43.0 Å². The SMILES string of the molecule is Cc1ccc(NCc2nnc(SCc3ccccc3)n2C[C@H]2CCCO2)cc1Cl. The van der Waals surface area contributed by atoms with Crippen LogP contribution in [0.2, 0.25) is 5.02 Å². The molecule has 1 aromatic heterocycles. The van der Waals surface area contributed by atoms with Gasteiger partial charge in [0.15, 0.2) is 11.0 Å². The van der Waals surface area contributed by atoms with Crippen LogP contribution in [0, 0.1) is 6.92 Å². The lowest BCUT2D eigenvalue weighted by Gasteiger charge is -2.15. The summed E-state index contributed by atoms with van der Waals surface area (Å²) in [5.74, 6) is 1.78. The number of benzene rings is 2. The molecule has 2 heterocycles. The van der Waals surface area contributed by atoms with E-state index in [1.807, 2.05) is 31.2 Å². The first-order chi connectivity index (χ1) is 14.2. The molecule has 0 spiro atoms. The van der Waals surface area contributed by atoms with E-state index in [2.05, 4.69) is 44.3 Å². The van der Waals surface area contributed by atoms with Gasteiger partial charge in [-0.25, -0.2) is 0 Å². The lowest BCUT2D eigenvalue weighted by molar-refractivity contribution is 0.0942. The number of halogens is 1.